The number of hydrogen-bond donors (Lipinski definition) is 1. The first kappa shape index (κ1) is 13.5. The highest BCUT2D eigenvalue weighted by Gasteiger charge is 2.16. The molecule has 2 nitrogen and oxygen atoms in total. The average molecular weight is 331 g/mol. The van der Waals surface area contributed by atoms with Crippen LogP contribution in [0.15, 0.2) is 30.3 Å². The van der Waals surface area contributed by atoms with Gasteiger partial charge >= 0.3 is 0 Å². The first-order chi connectivity index (χ1) is 9.49. The fraction of sp³-hybridized carbons (Fsp3) is 0. The normalized spacial score (nSPS) is 11.2. The molecule has 0 fully saturated rings. The highest BCUT2D eigenvalue weighted by molar-refractivity contribution is 7.71. The van der Waals surface area contributed by atoms with E-state index < -0.39 is 11.6 Å². The Kier molecular flexibility index (Phi) is 3.28. The topological polar surface area (TPSA) is 20.7 Å². The van der Waals surface area contributed by atoms with Crippen molar-refractivity contribution in [3.8, 4) is 5.69 Å². The van der Waals surface area contributed by atoms with E-state index >= 15 is 0 Å². The molecule has 2 aromatic carbocycles. The van der Waals surface area contributed by atoms with Gasteiger partial charge in [-0.25, -0.2) is 8.78 Å². The number of nitrogens with zero attached hydrogens (tertiary/aromatic N) is 1. The minimum absolute atomic E-state index is 0.00779. The molecule has 0 unspecified atom stereocenters. The number of aromatic amines is 1. The summed E-state index contributed by atoms with van der Waals surface area (Å²) in [6, 6.07) is 6.89. The summed E-state index contributed by atoms with van der Waals surface area (Å²) in [4.78, 5) is 2.89. The summed E-state index contributed by atoms with van der Waals surface area (Å²) >= 11 is 17.2. The standard InChI is InChI=1S/C13H6Cl2F2N2S/c14-7-2-1-3-10-11(7)18-13(20)19(10)12-8(15)4-6(16)5-9(12)17/h1-5H,(H,18,20). The van der Waals surface area contributed by atoms with Crippen molar-refractivity contribution < 1.29 is 8.78 Å². The number of aromatic nitrogens is 2. The average Bonchev–Trinajstić information content (AvgIpc) is 2.67. The number of imidazole rings is 1. The first-order valence-electron chi connectivity index (χ1n) is 5.53. The highest BCUT2D eigenvalue weighted by Crippen LogP contribution is 2.31. The van der Waals surface area contributed by atoms with Gasteiger partial charge in [0.15, 0.2) is 10.6 Å². The Labute approximate surface area is 127 Å². The SMILES string of the molecule is Fc1cc(F)c(-n2c(=S)[nH]c3c(Cl)cccc32)c(Cl)c1. The van der Waals surface area contributed by atoms with Gasteiger partial charge in [-0.1, -0.05) is 29.3 Å². The predicted molar refractivity (Wildman–Crippen MR) is 78.4 cm³/mol. The van der Waals surface area contributed by atoms with Gasteiger partial charge in [0.1, 0.15) is 11.5 Å². The van der Waals surface area contributed by atoms with Crippen LogP contribution < -0.4 is 0 Å². The molecule has 3 aromatic rings. The molecule has 0 aliphatic rings. The summed E-state index contributed by atoms with van der Waals surface area (Å²) in [5.74, 6) is -1.55. The fourth-order valence-corrected chi connectivity index (χ4v) is 2.85. The summed E-state index contributed by atoms with van der Waals surface area (Å²) < 4.78 is 28.8. The van der Waals surface area contributed by atoms with Crippen molar-refractivity contribution in [2.45, 2.75) is 0 Å². The molecule has 1 N–H and O–H groups in total. The van der Waals surface area contributed by atoms with E-state index in [2.05, 4.69) is 4.98 Å². The lowest BCUT2D eigenvalue weighted by Gasteiger charge is -2.08. The van der Waals surface area contributed by atoms with E-state index in [1.54, 1.807) is 18.2 Å². The van der Waals surface area contributed by atoms with E-state index in [0.29, 0.717) is 16.1 Å². The molecular weight excluding hydrogens is 325 g/mol. The van der Waals surface area contributed by atoms with E-state index in [0.717, 1.165) is 12.1 Å². The van der Waals surface area contributed by atoms with E-state index in [4.69, 9.17) is 35.4 Å². The molecule has 0 aliphatic carbocycles. The van der Waals surface area contributed by atoms with Crippen molar-refractivity contribution in [3.63, 3.8) is 0 Å². The molecule has 0 saturated carbocycles. The molecule has 0 bridgehead atoms. The third-order valence-corrected chi connectivity index (χ3v) is 3.76. The number of rotatable bonds is 1. The van der Waals surface area contributed by atoms with Crippen LogP contribution in [0.5, 0.6) is 0 Å². The van der Waals surface area contributed by atoms with Gasteiger partial charge in [-0.3, -0.25) is 4.57 Å². The van der Waals surface area contributed by atoms with Crippen LogP contribution in [-0.2, 0) is 0 Å². The van der Waals surface area contributed by atoms with Crippen LogP contribution in [0.1, 0.15) is 0 Å². The largest absolute Gasteiger partial charge is 0.329 e. The second-order valence-corrected chi connectivity index (χ2v) is 5.32. The van der Waals surface area contributed by atoms with Crippen molar-refractivity contribution in [2.24, 2.45) is 0 Å². The van der Waals surface area contributed by atoms with Gasteiger partial charge in [-0.2, -0.15) is 0 Å². The van der Waals surface area contributed by atoms with Crippen LogP contribution in [0, 0.1) is 16.4 Å². The van der Waals surface area contributed by atoms with Crippen molar-refractivity contribution in [3.05, 3.63) is 56.8 Å². The van der Waals surface area contributed by atoms with Crippen LogP contribution in [0.3, 0.4) is 0 Å². The lowest BCUT2D eigenvalue weighted by Crippen LogP contribution is -2.00. The molecule has 7 heteroatoms. The lowest BCUT2D eigenvalue weighted by atomic mass is 10.2. The number of para-hydroxylation sites is 1. The number of benzene rings is 2. The molecule has 102 valence electrons. The molecule has 0 amide bonds. The van der Waals surface area contributed by atoms with Crippen molar-refractivity contribution in [1.29, 1.82) is 0 Å². The molecule has 0 atom stereocenters. The minimum Gasteiger partial charge on any atom is -0.329 e. The molecule has 1 aromatic heterocycles. The number of halogens is 4. The minimum atomic E-state index is -0.799. The van der Waals surface area contributed by atoms with E-state index in [1.165, 1.54) is 4.57 Å². The summed E-state index contributed by atoms with van der Waals surface area (Å²) in [6.45, 7) is 0. The third kappa shape index (κ3) is 2.02. The van der Waals surface area contributed by atoms with Gasteiger partial charge in [0.2, 0.25) is 0 Å². The second-order valence-electron chi connectivity index (χ2n) is 4.12. The molecule has 0 radical (unpaired) electrons. The maximum atomic E-state index is 14.0. The van der Waals surface area contributed by atoms with Gasteiger partial charge in [0.25, 0.3) is 0 Å². The maximum Gasteiger partial charge on any atom is 0.182 e. The van der Waals surface area contributed by atoms with Crippen LogP contribution >= 0.6 is 35.4 Å². The smallest absolute Gasteiger partial charge is 0.182 e. The fourth-order valence-electron chi connectivity index (χ4n) is 2.07. The highest BCUT2D eigenvalue weighted by atomic mass is 35.5. The Morgan fingerprint density at radius 2 is 1.85 bits per heavy atom. The van der Waals surface area contributed by atoms with E-state index in [-0.39, 0.29) is 15.5 Å². The summed E-state index contributed by atoms with van der Waals surface area (Å²) in [5.41, 5.74) is 1.13. The quantitative estimate of drug-likeness (QED) is 0.602. The summed E-state index contributed by atoms with van der Waals surface area (Å²) in [5, 5.41) is 0.380. The van der Waals surface area contributed by atoms with Gasteiger partial charge in [-0.15, -0.1) is 0 Å². The Balaban J connectivity index is 2.45. The van der Waals surface area contributed by atoms with Crippen LogP contribution in [-0.4, -0.2) is 9.55 Å². The Morgan fingerprint density at radius 1 is 1.10 bits per heavy atom. The molecular formula is C13H6Cl2F2N2S. The van der Waals surface area contributed by atoms with Crippen molar-refractivity contribution in [2.75, 3.05) is 0 Å². The molecule has 0 aliphatic heterocycles. The Hall–Kier alpha value is -1.43. The van der Waals surface area contributed by atoms with Crippen LogP contribution in [0.2, 0.25) is 10.0 Å². The molecule has 3 rings (SSSR count). The van der Waals surface area contributed by atoms with Crippen LogP contribution in [0.4, 0.5) is 8.78 Å². The monoisotopic (exact) mass is 330 g/mol. The molecule has 20 heavy (non-hydrogen) atoms. The second kappa shape index (κ2) is 4.84. The zero-order chi connectivity index (χ0) is 14.4. The maximum absolute atomic E-state index is 14.0. The summed E-state index contributed by atoms with van der Waals surface area (Å²) in [6.07, 6.45) is 0. The number of H-pyrrole nitrogens is 1. The van der Waals surface area contributed by atoms with Gasteiger partial charge in [0.05, 0.1) is 21.1 Å². The predicted octanol–water partition coefficient (Wildman–Crippen LogP) is 5.27. The van der Waals surface area contributed by atoms with Gasteiger partial charge in [-0.05, 0) is 30.4 Å². The van der Waals surface area contributed by atoms with Gasteiger partial charge < -0.3 is 4.98 Å². The number of hydrogen-bond acceptors (Lipinski definition) is 1. The number of nitrogens with one attached hydrogen (secondary N) is 1. The first-order valence-corrected chi connectivity index (χ1v) is 6.69. The molecule has 0 saturated heterocycles. The Morgan fingerprint density at radius 3 is 2.55 bits per heavy atom. The molecule has 0 spiro atoms. The van der Waals surface area contributed by atoms with Crippen molar-refractivity contribution in [1.82, 2.24) is 9.55 Å². The third-order valence-electron chi connectivity index (χ3n) is 2.87. The zero-order valence-electron chi connectivity index (χ0n) is 9.75. The van der Waals surface area contributed by atoms with Crippen LogP contribution in [0.25, 0.3) is 16.7 Å². The molecule has 1 heterocycles. The Bertz CT molecular complexity index is 863. The summed E-state index contributed by atoms with van der Waals surface area (Å²) in [7, 11) is 0. The van der Waals surface area contributed by atoms with Crippen molar-refractivity contribution >= 4 is 46.5 Å². The lowest BCUT2D eigenvalue weighted by molar-refractivity contribution is 0.578. The number of fused-ring (bicyclic) bond motifs is 1. The van der Waals surface area contributed by atoms with E-state index in [9.17, 15) is 8.78 Å². The zero-order valence-corrected chi connectivity index (χ0v) is 12.1. The van der Waals surface area contributed by atoms with E-state index in [1.807, 2.05) is 0 Å². The van der Waals surface area contributed by atoms with Gasteiger partial charge in [0, 0.05) is 6.07 Å².